The van der Waals surface area contributed by atoms with Gasteiger partial charge in [-0.15, -0.1) is 0 Å². The number of hydrogen-bond acceptors (Lipinski definition) is 0. The van der Waals surface area contributed by atoms with Crippen molar-refractivity contribution >= 4 is 0 Å². The summed E-state index contributed by atoms with van der Waals surface area (Å²) in [6, 6.07) is 12.1. The minimum Gasteiger partial charge on any atom is -0.0617 e. The van der Waals surface area contributed by atoms with Gasteiger partial charge in [-0.2, -0.15) is 0 Å². The Hall–Kier alpha value is -1.56. The van der Waals surface area contributed by atoms with Crippen LogP contribution in [0, 0.1) is 0 Å². The molecule has 0 radical (unpaired) electrons. The molecular weight excluding hydrogens is 420 g/mol. The highest BCUT2D eigenvalue weighted by Crippen LogP contribution is 2.42. The molecule has 0 saturated carbocycles. The van der Waals surface area contributed by atoms with E-state index < -0.39 is 0 Å². The van der Waals surface area contributed by atoms with Gasteiger partial charge in [-0.1, -0.05) is 134 Å². The molecule has 0 aromatic heterocycles. The van der Waals surface area contributed by atoms with Gasteiger partial charge in [-0.25, -0.2) is 0 Å². The summed E-state index contributed by atoms with van der Waals surface area (Å²) < 4.78 is 0. The minimum atomic E-state index is 0.122. The average Bonchev–Trinajstić information content (AvgIpc) is 2.63. The first-order valence-corrected chi connectivity index (χ1v) is 13.9. The van der Waals surface area contributed by atoms with E-state index in [9.17, 15) is 0 Å². The summed E-state index contributed by atoms with van der Waals surface area (Å²) in [6.07, 6.45) is 3.44. The molecule has 2 aromatic rings. The van der Waals surface area contributed by atoms with Crippen LogP contribution in [0.3, 0.4) is 0 Å². The van der Waals surface area contributed by atoms with Crippen molar-refractivity contribution in [3.8, 4) is 0 Å². The molecule has 0 spiro atoms. The maximum Gasteiger partial charge on any atom is -0.0126 e. The van der Waals surface area contributed by atoms with Gasteiger partial charge in [0, 0.05) is 0 Å². The Morgan fingerprint density at radius 2 is 0.829 bits per heavy atom. The summed E-state index contributed by atoms with van der Waals surface area (Å²) >= 11 is 0. The van der Waals surface area contributed by atoms with E-state index in [4.69, 9.17) is 0 Å². The van der Waals surface area contributed by atoms with E-state index in [1.54, 1.807) is 11.1 Å². The van der Waals surface area contributed by atoms with E-state index in [0.717, 1.165) is 12.8 Å². The van der Waals surface area contributed by atoms with Crippen molar-refractivity contribution in [3.05, 3.63) is 69.3 Å². The molecule has 0 heteroatoms. The zero-order chi connectivity index (χ0) is 27.2. The first-order valence-electron chi connectivity index (χ1n) is 13.9. The zero-order valence-electron chi connectivity index (χ0n) is 26.0. The molecule has 0 heterocycles. The number of rotatable bonds is 4. The molecule has 0 nitrogen and oxygen atoms in total. The maximum absolute atomic E-state index is 2.54. The molecule has 0 N–H and O–H groups in total. The summed E-state index contributed by atoms with van der Waals surface area (Å²) in [4.78, 5) is 0. The van der Waals surface area contributed by atoms with Crippen molar-refractivity contribution in [1.82, 2.24) is 0 Å². The van der Waals surface area contributed by atoms with Crippen LogP contribution in [0.25, 0.3) is 0 Å². The monoisotopic (exact) mass is 476 g/mol. The van der Waals surface area contributed by atoms with Gasteiger partial charge >= 0.3 is 0 Å². The van der Waals surface area contributed by atoms with Crippen LogP contribution in [0.4, 0.5) is 0 Å². The second kappa shape index (κ2) is 9.72. The van der Waals surface area contributed by atoms with Crippen LogP contribution in [-0.4, -0.2) is 0 Å². The second-order valence-corrected chi connectivity index (χ2v) is 16.0. The van der Waals surface area contributed by atoms with E-state index >= 15 is 0 Å². The fourth-order valence-corrected chi connectivity index (χ4v) is 5.57. The van der Waals surface area contributed by atoms with Crippen molar-refractivity contribution in [3.63, 3.8) is 0 Å². The van der Waals surface area contributed by atoms with Crippen molar-refractivity contribution < 1.29 is 0 Å². The Morgan fingerprint density at radius 1 is 0.457 bits per heavy atom. The SMILES string of the molecule is CC(C)(C)c1cccc(C(C)(C)C)c1CCCc1cc(C(C)(C)C)c(C(C)(C)C)c(C(C)(C)C)c1. The van der Waals surface area contributed by atoms with E-state index in [1.165, 1.54) is 34.2 Å². The summed E-state index contributed by atoms with van der Waals surface area (Å²) in [5, 5.41) is 0. The van der Waals surface area contributed by atoms with Crippen LogP contribution in [0.1, 0.15) is 149 Å². The maximum atomic E-state index is 2.54. The van der Waals surface area contributed by atoms with E-state index in [2.05, 4.69) is 134 Å². The Kier molecular flexibility index (Phi) is 8.24. The van der Waals surface area contributed by atoms with Crippen LogP contribution in [0.2, 0.25) is 0 Å². The van der Waals surface area contributed by atoms with Gasteiger partial charge < -0.3 is 0 Å². The lowest BCUT2D eigenvalue weighted by Crippen LogP contribution is -2.28. The van der Waals surface area contributed by atoms with Gasteiger partial charge in [0.25, 0.3) is 0 Å². The molecule has 2 aromatic carbocycles. The van der Waals surface area contributed by atoms with E-state index in [0.29, 0.717) is 0 Å². The fraction of sp³-hybridized carbons (Fsp3) is 0.657. The number of benzene rings is 2. The highest BCUT2D eigenvalue weighted by atomic mass is 14.4. The number of hydrogen-bond donors (Lipinski definition) is 0. The number of aryl methyl sites for hydroxylation is 1. The summed E-state index contributed by atoms with van der Waals surface area (Å²) in [7, 11) is 0. The molecule has 0 atom stereocenters. The fourth-order valence-electron chi connectivity index (χ4n) is 5.57. The quantitative estimate of drug-likeness (QED) is 0.411. The highest BCUT2D eigenvalue weighted by Gasteiger charge is 2.32. The molecule has 35 heavy (non-hydrogen) atoms. The van der Waals surface area contributed by atoms with Crippen molar-refractivity contribution in [2.75, 3.05) is 0 Å². The van der Waals surface area contributed by atoms with Crippen molar-refractivity contribution in [2.45, 2.75) is 150 Å². The van der Waals surface area contributed by atoms with Gasteiger partial charge in [0.1, 0.15) is 0 Å². The Bertz CT molecular complexity index is 945. The standard InChI is InChI=1S/C35H56/c1-31(2,3)26-20-17-21-27(32(4,5)6)25(26)19-16-18-24-22-28(33(7,8)9)30(35(13,14)15)29(23-24)34(10,11)12/h17,20-23H,16,18-19H2,1-15H3. The lowest BCUT2D eigenvalue weighted by Gasteiger charge is -2.37. The molecule has 196 valence electrons. The molecule has 0 saturated heterocycles. The first-order chi connectivity index (χ1) is 15.5. The summed E-state index contributed by atoms with van der Waals surface area (Å²) in [6.45, 7) is 35.5. The molecule has 0 aliphatic heterocycles. The van der Waals surface area contributed by atoms with E-state index in [1.807, 2.05) is 0 Å². The third kappa shape index (κ3) is 7.24. The lowest BCUT2D eigenvalue weighted by atomic mass is 9.68. The van der Waals surface area contributed by atoms with Crippen LogP contribution in [0.15, 0.2) is 30.3 Å². The second-order valence-electron chi connectivity index (χ2n) is 16.0. The van der Waals surface area contributed by atoms with Crippen LogP contribution >= 0.6 is 0 Å². The largest absolute Gasteiger partial charge is 0.0617 e. The normalized spacial score (nSPS) is 13.9. The minimum absolute atomic E-state index is 0.122. The smallest absolute Gasteiger partial charge is 0.0126 e. The van der Waals surface area contributed by atoms with Gasteiger partial charge in [0.15, 0.2) is 0 Å². The first kappa shape index (κ1) is 29.7. The van der Waals surface area contributed by atoms with E-state index in [-0.39, 0.29) is 27.1 Å². The summed E-state index contributed by atoms with van der Waals surface area (Å²) in [5.74, 6) is 0. The molecule has 0 bridgehead atoms. The molecule has 0 aliphatic rings. The van der Waals surface area contributed by atoms with Crippen LogP contribution in [-0.2, 0) is 39.9 Å². The predicted molar refractivity (Wildman–Crippen MR) is 158 cm³/mol. The molecule has 2 rings (SSSR count). The highest BCUT2D eigenvalue weighted by molar-refractivity contribution is 5.49. The van der Waals surface area contributed by atoms with Gasteiger partial charge in [-0.3, -0.25) is 0 Å². The molecule has 0 aliphatic carbocycles. The Labute approximate surface area is 219 Å². The third-order valence-electron chi connectivity index (χ3n) is 7.25. The molecule has 0 unspecified atom stereocenters. The molecular formula is C35H56. The topological polar surface area (TPSA) is 0 Å². The van der Waals surface area contributed by atoms with Gasteiger partial charge in [0.2, 0.25) is 0 Å². The Balaban J connectivity index is 2.55. The average molecular weight is 477 g/mol. The van der Waals surface area contributed by atoms with Crippen molar-refractivity contribution in [1.29, 1.82) is 0 Å². The Morgan fingerprint density at radius 3 is 1.14 bits per heavy atom. The third-order valence-corrected chi connectivity index (χ3v) is 7.25. The van der Waals surface area contributed by atoms with Gasteiger partial charge in [-0.05, 0) is 85.3 Å². The summed E-state index contributed by atoms with van der Waals surface area (Å²) in [5.41, 5.74) is 11.4. The lowest BCUT2D eigenvalue weighted by molar-refractivity contribution is 0.496. The van der Waals surface area contributed by atoms with Crippen LogP contribution < -0.4 is 0 Å². The zero-order valence-corrected chi connectivity index (χ0v) is 26.0. The van der Waals surface area contributed by atoms with Crippen molar-refractivity contribution in [2.24, 2.45) is 0 Å². The van der Waals surface area contributed by atoms with Crippen LogP contribution in [0.5, 0.6) is 0 Å². The molecule has 0 fully saturated rings. The van der Waals surface area contributed by atoms with Gasteiger partial charge in [0.05, 0.1) is 0 Å². The predicted octanol–water partition coefficient (Wildman–Crippen LogP) is 10.3. The molecule has 0 amide bonds.